The van der Waals surface area contributed by atoms with Crippen LogP contribution in [0.4, 0.5) is 9.18 Å². The van der Waals surface area contributed by atoms with Gasteiger partial charge in [-0.1, -0.05) is 6.07 Å². The average molecular weight is 396 g/mol. The van der Waals surface area contributed by atoms with Gasteiger partial charge in [0.15, 0.2) is 0 Å². The lowest BCUT2D eigenvalue weighted by Gasteiger charge is -2.37. The summed E-state index contributed by atoms with van der Waals surface area (Å²) in [5.41, 5.74) is -0.618. The third-order valence-electron chi connectivity index (χ3n) is 4.88. The molecule has 2 aliphatic rings. The molecule has 1 saturated carbocycles. The molecule has 0 spiro atoms. The third-order valence-corrected chi connectivity index (χ3v) is 4.88. The molecular weight excluding hydrogens is 367 g/mol. The van der Waals surface area contributed by atoms with E-state index in [1.165, 1.54) is 12.1 Å². The number of amides is 1. The van der Waals surface area contributed by atoms with Crippen molar-refractivity contribution in [3.8, 4) is 5.75 Å². The van der Waals surface area contributed by atoms with E-state index in [1.54, 1.807) is 32.9 Å². The molecule has 1 amide bonds. The molecule has 156 valence electrons. The number of morpholine rings is 1. The van der Waals surface area contributed by atoms with Gasteiger partial charge in [0.1, 0.15) is 29.4 Å². The van der Waals surface area contributed by atoms with Crippen molar-refractivity contribution in [1.82, 2.24) is 10.2 Å². The molecule has 0 aromatic heterocycles. The lowest BCUT2D eigenvalue weighted by molar-refractivity contribution is -0.0359. The molecule has 0 unspecified atom stereocenters. The Morgan fingerprint density at radius 2 is 2.04 bits per heavy atom. The summed E-state index contributed by atoms with van der Waals surface area (Å²) in [4.78, 5) is 14.4. The molecular formula is C20H29FN2O5. The van der Waals surface area contributed by atoms with E-state index in [-0.39, 0.29) is 12.1 Å². The zero-order chi connectivity index (χ0) is 20.3. The van der Waals surface area contributed by atoms with Crippen LogP contribution in [0.2, 0.25) is 0 Å². The van der Waals surface area contributed by atoms with Gasteiger partial charge < -0.3 is 24.6 Å². The molecule has 8 heteroatoms. The maximum absolute atomic E-state index is 13.5. The van der Waals surface area contributed by atoms with E-state index < -0.39 is 29.7 Å². The van der Waals surface area contributed by atoms with Gasteiger partial charge in [-0.25, -0.2) is 9.18 Å². The zero-order valence-electron chi connectivity index (χ0n) is 16.6. The second kappa shape index (κ2) is 8.63. The first-order valence-electron chi connectivity index (χ1n) is 9.64. The maximum atomic E-state index is 13.5. The van der Waals surface area contributed by atoms with Crippen LogP contribution in [0.3, 0.4) is 0 Å². The fourth-order valence-corrected chi connectivity index (χ4v) is 3.77. The van der Waals surface area contributed by atoms with Crippen molar-refractivity contribution in [1.29, 1.82) is 0 Å². The number of aliphatic hydroxyl groups is 1. The highest BCUT2D eigenvalue weighted by atomic mass is 19.1. The Kier molecular flexibility index (Phi) is 6.42. The van der Waals surface area contributed by atoms with Crippen molar-refractivity contribution in [2.45, 2.75) is 57.1 Å². The van der Waals surface area contributed by atoms with Crippen LogP contribution in [0, 0.1) is 5.82 Å². The van der Waals surface area contributed by atoms with E-state index >= 15 is 0 Å². The molecule has 0 radical (unpaired) electrons. The summed E-state index contributed by atoms with van der Waals surface area (Å²) in [6.07, 6.45) is -1.57. The quantitative estimate of drug-likeness (QED) is 0.810. The highest BCUT2D eigenvalue weighted by Gasteiger charge is 2.48. The van der Waals surface area contributed by atoms with Gasteiger partial charge in [-0.2, -0.15) is 0 Å². The topological polar surface area (TPSA) is 80.3 Å². The molecule has 1 aromatic carbocycles. The van der Waals surface area contributed by atoms with Crippen molar-refractivity contribution in [2.24, 2.45) is 0 Å². The Morgan fingerprint density at radius 1 is 1.32 bits per heavy atom. The second-order valence-electron chi connectivity index (χ2n) is 8.23. The van der Waals surface area contributed by atoms with Crippen molar-refractivity contribution in [3.05, 3.63) is 30.1 Å². The summed E-state index contributed by atoms with van der Waals surface area (Å²) < 4.78 is 30.1. The Balaban J connectivity index is 1.74. The molecule has 7 nitrogen and oxygen atoms in total. The fraction of sp³-hybridized carbons (Fsp3) is 0.650. The normalized spacial score (nSPS) is 28.8. The van der Waals surface area contributed by atoms with Gasteiger partial charge in [-0.3, -0.25) is 4.90 Å². The smallest absolute Gasteiger partial charge is 0.407 e. The highest BCUT2D eigenvalue weighted by molar-refractivity contribution is 5.68. The first-order chi connectivity index (χ1) is 13.2. The number of aliphatic hydroxyl groups excluding tert-OH is 1. The van der Waals surface area contributed by atoms with E-state index in [0.717, 1.165) is 0 Å². The van der Waals surface area contributed by atoms with Gasteiger partial charge in [0, 0.05) is 25.6 Å². The zero-order valence-corrected chi connectivity index (χ0v) is 16.6. The first kappa shape index (κ1) is 20.8. The van der Waals surface area contributed by atoms with Gasteiger partial charge in [0.25, 0.3) is 0 Å². The number of rotatable bonds is 4. The van der Waals surface area contributed by atoms with Crippen LogP contribution in [0.5, 0.6) is 5.75 Å². The number of benzene rings is 1. The predicted octanol–water partition coefficient (Wildman–Crippen LogP) is 1.93. The molecule has 1 saturated heterocycles. The molecule has 2 fully saturated rings. The van der Waals surface area contributed by atoms with Crippen LogP contribution < -0.4 is 10.1 Å². The van der Waals surface area contributed by atoms with Crippen molar-refractivity contribution >= 4 is 6.09 Å². The van der Waals surface area contributed by atoms with E-state index in [2.05, 4.69) is 10.2 Å². The van der Waals surface area contributed by atoms with Crippen LogP contribution in [0.15, 0.2) is 24.3 Å². The van der Waals surface area contributed by atoms with Gasteiger partial charge in [-0.05, 0) is 32.9 Å². The Labute approximate surface area is 164 Å². The number of nitrogens with one attached hydrogen (secondary N) is 1. The monoisotopic (exact) mass is 396 g/mol. The summed E-state index contributed by atoms with van der Waals surface area (Å²) in [5.74, 6) is -0.0548. The molecule has 1 aromatic rings. The minimum absolute atomic E-state index is 0.338. The van der Waals surface area contributed by atoms with Crippen molar-refractivity contribution in [2.75, 3.05) is 26.3 Å². The predicted molar refractivity (Wildman–Crippen MR) is 101 cm³/mol. The number of hydrogen-bond acceptors (Lipinski definition) is 6. The van der Waals surface area contributed by atoms with Crippen LogP contribution in [0.25, 0.3) is 0 Å². The lowest BCUT2D eigenvalue weighted by Crippen LogP contribution is -2.56. The molecule has 1 heterocycles. The molecule has 1 aliphatic heterocycles. The third kappa shape index (κ3) is 5.33. The van der Waals surface area contributed by atoms with Gasteiger partial charge in [-0.15, -0.1) is 0 Å². The van der Waals surface area contributed by atoms with Crippen LogP contribution in [-0.2, 0) is 9.47 Å². The van der Waals surface area contributed by atoms with Crippen LogP contribution in [0.1, 0.15) is 27.2 Å². The van der Waals surface area contributed by atoms with Crippen molar-refractivity contribution < 1.29 is 28.5 Å². The standard InChI is InChI=1S/C20H29FN2O5/c1-20(2,3)28-19(25)22-15-12-16(27-14-6-4-5-13(21)11-14)18(24)17(15)23-7-9-26-10-8-23/h4-6,11,15-18,24H,7-10,12H2,1-3H3,(H,22,25)/t15-,16-,17+,18+/m1/s1. The first-order valence-corrected chi connectivity index (χ1v) is 9.64. The highest BCUT2D eigenvalue weighted by Crippen LogP contribution is 2.30. The minimum atomic E-state index is -0.846. The Bertz CT molecular complexity index is 675. The van der Waals surface area contributed by atoms with Crippen molar-refractivity contribution in [3.63, 3.8) is 0 Å². The SMILES string of the molecule is CC(C)(C)OC(=O)N[C@@H]1C[C@@H](Oc2cccc(F)c2)[C@H](O)[C@H]1N1CCOCC1. The van der Waals surface area contributed by atoms with E-state index in [1.807, 2.05) is 0 Å². The molecule has 4 atom stereocenters. The summed E-state index contributed by atoms with van der Waals surface area (Å²) in [6.45, 7) is 7.83. The van der Waals surface area contributed by atoms with E-state index in [4.69, 9.17) is 14.2 Å². The average Bonchev–Trinajstić information content (AvgIpc) is 2.89. The number of carbonyl (C=O) groups is 1. The lowest BCUT2D eigenvalue weighted by atomic mass is 10.1. The summed E-state index contributed by atoms with van der Waals surface area (Å²) in [6, 6.07) is 5.12. The van der Waals surface area contributed by atoms with E-state index in [9.17, 15) is 14.3 Å². The molecule has 2 N–H and O–H groups in total. The Morgan fingerprint density at radius 3 is 2.68 bits per heavy atom. The number of halogens is 1. The number of nitrogens with zero attached hydrogens (tertiary/aromatic N) is 1. The Hall–Kier alpha value is -1.90. The van der Waals surface area contributed by atoms with Crippen LogP contribution in [-0.4, -0.2) is 72.3 Å². The van der Waals surface area contributed by atoms with Crippen LogP contribution >= 0.6 is 0 Å². The van der Waals surface area contributed by atoms with Gasteiger partial charge in [0.2, 0.25) is 0 Å². The summed E-state index contributed by atoms with van der Waals surface area (Å²) in [7, 11) is 0. The molecule has 28 heavy (non-hydrogen) atoms. The largest absolute Gasteiger partial charge is 0.487 e. The number of carbonyl (C=O) groups excluding carboxylic acids is 1. The fourth-order valence-electron chi connectivity index (χ4n) is 3.77. The number of alkyl carbamates (subject to hydrolysis) is 1. The number of hydrogen-bond donors (Lipinski definition) is 2. The molecule has 0 bridgehead atoms. The van der Waals surface area contributed by atoms with Gasteiger partial charge in [0.05, 0.1) is 25.3 Å². The summed E-state index contributed by atoms with van der Waals surface area (Å²) >= 11 is 0. The number of ether oxygens (including phenoxy) is 3. The second-order valence-corrected chi connectivity index (χ2v) is 8.23. The maximum Gasteiger partial charge on any atom is 0.407 e. The van der Waals surface area contributed by atoms with E-state index in [0.29, 0.717) is 38.5 Å². The molecule has 3 rings (SSSR count). The minimum Gasteiger partial charge on any atom is -0.487 e. The van der Waals surface area contributed by atoms with Gasteiger partial charge >= 0.3 is 6.09 Å². The molecule has 1 aliphatic carbocycles. The summed E-state index contributed by atoms with van der Waals surface area (Å²) in [5, 5.41) is 13.8.